The summed E-state index contributed by atoms with van der Waals surface area (Å²) in [5, 5.41) is 3.78. The van der Waals surface area contributed by atoms with Crippen molar-refractivity contribution in [2.75, 3.05) is 33.5 Å². The summed E-state index contributed by atoms with van der Waals surface area (Å²) in [4.78, 5) is 31.6. The fourth-order valence-corrected chi connectivity index (χ4v) is 5.81. The Balaban J connectivity index is 1.38. The molecule has 10 nitrogen and oxygen atoms in total. The maximum absolute atomic E-state index is 13.3. The number of halogens is 1. The number of para-hydroxylation sites is 1. The number of ether oxygens (including phenoxy) is 2. The predicted molar refractivity (Wildman–Crippen MR) is 158 cm³/mol. The summed E-state index contributed by atoms with van der Waals surface area (Å²) in [6.45, 7) is 3.05. The lowest BCUT2D eigenvalue weighted by Crippen LogP contribution is -2.45. The number of nitrogens with two attached hydrogens (primary N) is 1. The third-order valence-electron chi connectivity index (χ3n) is 8.22. The number of hydrogen-bond donors (Lipinski definition) is 2. The van der Waals surface area contributed by atoms with E-state index in [1.165, 1.54) is 20.0 Å². The highest BCUT2D eigenvalue weighted by Crippen LogP contribution is 2.39. The third kappa shape index (κ3) is 5.29. The zero-order valence-electron chi connectivity index (χ0n) is 24.2. The second-order valence-electron chi connectivity index (χ2n) is 11.5. The number of fused-ring (bicyclic) bond motifs is 3. The number of carbonyl (C=O) groups is 2. The molecule has 1 aliphatic heterocycles. The van der Waals surface area contributed by atoms with Gasteiger partial charge in [-0.3, -0.25) is 4.79 Å². The zero-order chi connectivity index (χ0) is 29.5. The lowest BCUT2D eigenvalue weighted by molar-refractivity contribution is 0.0725. The number of aryl methyl sites for hydroxylation is 1. The quantitative estimate of drug-likeness (QED) is 0.295. The predicted octanol–water partition coefficient (Wildman–Crippen LogP) is 4.02. The van der Waals surface area contributed by atoms with Crippen molar-refractivity contribution in [2.45, 2.75) is 44.8 Å². The Labute approximate surface area is 243 Å². The van der Waals surface area contributed by atoms with Crippen LogP contribution >= 0.6 is 0 Å². The molecule has 0 spiro atoms. The number of imidazole rings is 1. The minimum atomic E-state index is -0.685. The number of alkyl halides is 1. The minimum absolute atomic E-state index is 0.130. The smallest absolute Gasteiger partial charge is 0.407 e. The van der Waals surface area contributed by atoms with Crippen LogP contribution in [0, 0.1) is 5.92 Å². The van der Waals surface area contributed by atoms with E-state index in [1.807, 2.05) is 32.2 Å². The number of hydrogen-bond acceptors (Lipinski definition) is 6. The third-order valence-corrected chi connectivity index (χ3v) is 8.22. The zero-order valence-corrected chi connectivity index (χ0v) is 24.2. The van der Waals surface area contributed by atoms with Crippen LogP contribution in [0.3, 0.4) is 0 Å². The first-order valence-electron chi connectivity index (χ1n) is 14.5. The van der Waals surface area contributed by atoms with Crippen molar-refractivity contribution >= 4 is 33.9 Å². The molecule has 222 valence electrons. The minimum Gasteiger partial charge on any atom is -0.489 e. The maximum atomic E-state index is 13.3. The van der Waals surface area contributed by atoms with Crippen LogP contribution in [0.1, 0.15) is 35.7 Å². The van der Waals surface area contributed by atoms with E-state index in [0.29, 0.717) is 24.4 Å². The van der Waals surface area contributed by atoms with Gasteiger partial charge in [-0.25, -0.2) is 14.2 Å². The molecule has 0 bridgehead atoms. The van der Waals surface area contributed by atoms with Gasteiger partial charge in [0.1, 0.15) is 19.0 Å². The molecule has 2 aromatic heterocycles. The van der Waals surface area contributed by atoms with Crippen molar-refractivity contribution in [3.05, 3.63) is 47.5 Å². The molecule has 1 saturated carbocycles. The molecule has 42 heavy (non-hydrogen) atoms. The molecule has 1 fully saturated rings. The first-order chi connectivity index (χ1) is 20.3. The standard InChI is InChI=1S/C31H37FN6O4/c1-18(34-31(40)41-3)17-42-27-6-4-5-21-12-26(38(28(21)27)15-19-7-8-19)29-35-24-13-23-20(11-25(24)36(29)2)9-10-37(30(23)39)16-22(33)14-32/h4-6,11-13,18-19,22H,7-10,14-17,33H2,1-3H3,(H,34,40)/t18-,22+/m0/s1. The Morgan fingerprint density at radius 1 is 1.26 bits per heavy atom. The molecule has 0 saturated heterocycles. The summed E-state index contributed by atoms with van der Waals surface area (Å²) < 4.78 is 28.4. The first-order valence-corrected chi connectivity index (χ1v) is 14.5. The van der Waals surface area contributed by atoms with Crippen LogP contribution in [-0.4, -0.2) is 76.6 Å². The summed E-state index contributed by atoms with van der Waals surface area (Å²) in [5.41, 5.74) is 11.0. The van der Waals surface area contributed by atoms with Crippen molar-refractivity contribution in [2.24, 2.45) is 18.7 Å². The molecule has 0 unspecified atom stereocenters. The molecular formula is C31H37FN6O4. The molecule has 2 amide bonds. The normalized spacial score (nSPS) is 16.5. The number of carbonyl (C=O) groups excluding carboxylic acids is 2. The number of alkyl carbamates (subject to hydrolysis) is 1. The Morgan fingerprint density at radius 3 is 2.81 bits per heavy atom. The molecule has 4 aromatic rings. The molecule has 2 aliphatic rings. The van der Waals surface area contributed by atoms with E-state index in [4.69, 9.17) is 20.2 Å². The van der Waals surface area contributed by atoms with Crippen molar-refractivity contribution < 1.29 is 23.5 Å². The number of methoxy groups -OCH3 is 1. The largest absolute Gasteiger partial charge is 0.489 e. The molecule has 1 aliphatic carbocycles. The maximum Gasteiger partial charge on any atom is 0.407 e. The summed E-state index contributed by atoms with van der Waals surface area (Å²) >= 11 is 0. The summed E-state index contributed by atoms with van der Waals surface area (Å²) in [5.74, 6) is 2.01. The lowest BCUT2D eigenvalue weighted by Gasteiger charge is -2.30. The average Bonchev–Trinajstić information content (AvgIpc) is 3.66. The van der Waals surface area contributed by atoms with Crippen LogP contribution in [0.4, 0.5) is 9.18 Å². The van der Waals surface area contributed by atoms with Crippen molar-refractivity contribution in [3.63, 3.8) is 0 Å². The molecule has 2 aromatic carbocycles. The van der Waals surface area contributed by atoms with Gasteiger partial charge in [-0.1, -0.05) is 12.1 Å². The highest BCUT2D eigenvalue weighted by Gasteiger charge is 2.29. The molecule has 2 atom stereocenters. The van der Waals surface area contributed by atoms with E-state index in [1.54, 1.807) is 4.90 Å². The van der Waals surface area contributed by atoms with Gasteiger partial charge in [0.15, 0.2) is 5.82 Å². The van der Waals surface area contributed by atoms with E-state index in [9.17, 15) is 14.0 Å². The van der Waals surface area contributed by atoms with Crippen LogP contribution in [0.25, 0.3) is 33.5 Å². The van der Waals surface area contributed by atoms with Crippen LogP contribution in [0.5, 0.6) is 5.75 Å². The molecular weight excluding hydrogens is 539 g/mol. The van der Waals surface area contributed by atoms with Crippen LogP contribution in [0.15, 0.2) is 36.4 Å². The monoisotopic (exact) mass is 576 g/mol. The van der Waals surface area contributed by atoms with E-state index in [0.717, 1.165) is 51.3 Å². The van der Waals surface area contributed by atoms with Gasteiger partial charge in [-0.15, -0.1) is 0 Å². The lowest BCUT2D eigenvalue weighted by atomic mass is 9.97. The summed E-state index contributed by atoms with van der Waals surface area (Å²) in [6, 6.07) is 11.1. The van der Waals surface area contributed by atoms with Crippen molar-refractivity contribution in [3.8, 4) is 17.3 Å². The fraction of sp³-hybridized carbons (Fsp3) is 0.452. The van der Waals surface area contributed by atoms with Gasteiger partial charge in [0, 0.05) is 37.6 Å². The van der Waals surface area contributed by atoms with Crippen molar-refractivity contribution in [1.29, 1.82) is 0 Å². The van der Waals surface area contributed by atoms with Gasteiger partial charge in [0.25, 0.3) is 5.91 Å². The highest BCUT2D eigenvalue weighted by molar-refractivity contribution is 6.01. The molecule has 6 rings (SSSR count). The number of rotatable bonds is 10. The van der Waals surface area contributed by atoms with Gasteiger partial charge in [-0.2, -0.15) is 0 Å². The number of benzene rings is 2. The average molecular weight is 577 g/mol. The number of nitrogens with zero attached hydrogens (tertiary/aromatic N) is 4. The van der Waals surface area contributed by atoms with E-state index < -0.39 is 18.8 Å². The summed E-state index contributed by atoms with van der Waals surface area (Å²) in [6.07, 6.45) is 2.55. The van der Waals surface area contributed by atoms with Gasteiger partial charge in [-0.05, 0) is 61.9 Å². The molecule has 11 heteroatoms. The van der Waals surface area contributed by atoms with Gasteiger partial charge < -0.3 is 34.6 Å². The van der Waals surface area contributed by atoms with Gasteiger partial charge in [0.2, 0.25) is 0 Å². The molecule has 3 heterocycles. The Hall–Kier alpha value is -4.12. The topological polar surface area (TPSA) is 117 Å². The SMILES string of the molecule is COC(=O)N[C@@H](C)COc1cccc2cc(-c3nc4cc5c(cc4n3C)CCN(C[C@H](N)CF)C5=O)n(CC3CC3)c12. The fourth-order valence-electron chi connectivity index (χ4n) is 5.81. The summed E-state index contributed by atoms with van der Waals surface area (Å²) in [7, 11) is 3.34. The Bertz CT molecular complexity index is 1660. The number of nitrogens with one attached hydrogen (secondary N) is 1. The van der Waals surface area contributed by atoms with Crippen LogP contribution < -0.4 is 15.8 Å². The Kier molecular flexibility index (Phi) is 7.53. The van der Waals surface area contributed by atoms with Crippen LogP contribution in [0.2, 0.25) is 0 Å². The first kappa shape index (κ1) is 28.0. The molecule has 0 radical (unpaired) electrons. The van der Waals surface area contributed by atoms with Gasteiger partial charge in [0.05, 0.1) is 41.4 Å². The molecule has 3 N–H and O–H groups in total. The van der Waals surface area contributed by atoms with Crippen LogP contribution in [-0.2, 0) is 24.8 Å². The van der Waals surface area contributed by atoms with E-state index in [-0.39, 0.29) is 25.1 Å². The van der Waals surface area contributed by atoms with E-state index in [2.05, 4.69) is 32.7 Å². The van der Waals surface area contributed by atoms with Crippen molar-refractivity contribution in [1.82, 2.24) is 24.3 Å². The number of amides is 2. The highest BCUT2D eigenvalue weighted by atomic mass is 19.1. The van der Waals surface area contributed by atoms with Gasteiger partial charge >= 0.3 is 6.09 Å². The second-order valence-corrected chi connectivity index (χ2v) is 11.5. The van der Waals surface area contributed by atoms with E-state index >= 15 is 0 Å². The second kappa shape index (κ2) is 11.3. The number of aromatic nitrogens is 3. The Morgan fingerprint density at radius 2 is 2.07 bits per heavy atom.